The Morgan fingerprint density at radius 1 is 0.960 bits per heavy atom. The van der Waals surface area contributed by atoms with Crippen LogP contribution in [0.2, 0.25) is 0 Å². The van der Waals surface area contributed by atoms with E-state index in [9.17, 15) is 0 Å². The minimum absolute atomic E-state index is 0.271. The standard InChI is InChI=1S/C21H24N2O2/c1-2-6-17(7-3-1)20(16-23-10-12-24-13-11-23)22-15-19-14-18-8-4-5-9-21(18)25-19/h1-9,14,20,22H,10-13,15-16H2/t20-/m0/s1. The third-order valence-corrected chi connectivity index (χ3v) is 4.75. The summed E-state index contributed by atoms with van der Waals surface area (Å²) in [6.45, 7) is 5.34. The van der Waals surface area contributed by atoms with Crippen molar-refractivity contribution in [3.8, 4) is 0 Å². The van der Waals surface area contributed by atoms with Crippen molar-refractivity contribution in [2.45, 2.75) is 12.6 Å². The van der Waals surface area contributed by atoms with Crippen molar-refractivity contribution in [2.75, 3.05) is 32.8 Å². The van der Waals surface area contributed by atoms with Crippen LogP contribution in [0.1, 0.15) is 17.4 Å². The van der Waals surface area contributed by atoms with Gasteiger partial charge in [-0.3, -0.25) is 4.90 Å². The Morgan fingerprint density at radius 2 is 1.72 bits per heavy atom. The van der Waals surface area contributed by atoms with E-state index in [4.69, 9.17) is 9.15 Å². The van der Waals surface area contributed by atoms with E-state index in [1.54, 1.807) is 0 Å². The second-order valence-electron chi connectivity index (χ2n) is 6.51. The van der Waals surface area contributed by atoms with Gasteiger partial charge in [0.15, 0.2) is 0 Å². The summed E-state index contributed by atoms with van der Waals surface area (Å²) in [7, 11) is 0. The molecule has 0 spiro atoms. The Kier molecular flexibility index (Phi) is 5.11. The van der Waals surface area contributed by atoms with Gasteiger partial charge in [0, 0.05) is 31.1 Å². The maximum atomic E-state index is 5.95. The highest BCUT2D eigenvalue weighted by Gasteiger charge is 2.18. The maximum absolute atomic E-state index is 5.95. The second kappa shape index (κ2) is 7.83. The molecule has 1 fully saturated rings. The molecule has 1 saturated heterocycles. The summed E-state index contributed by atoms with van der Waals surface area (Å²) in [6, 6.07) is 21.2. The monoisotopic (exact) mass is 336 g/mol. The lowest BCUT2D eigenvalue weighted by atomic mass is 10.1. The lowest BCUT2D eigenvalue weighted by Crippen LogP contribution is -2.41. The molecule has 4 heteroatoms. The van der Waals surface area contributed by atoms with Gasteiger partial charge in [-0.05, 0) is 17.7 Å². The number of nitrogens with one attached hydrogen (secondary N) is 1. The molecule has 0 unspecified atom stereocenters. The normalized spacial score (nSPS) is 17.0. The van der Waals surface area contributed by atoms with Gasteiger partial charge in [0.25, 0.3) is 0 Å². The predicted octanol–water partition coefficient (Wildman–Crippen LogP) is 3.60. The number of hydrogen-bond acceptors (Lipinski definition) is 4. The molecule has 4 nitrogen and oxygen atoms in total. The van der Waals surface area contributed by atoms with Crippen LogP contribution in [0.15, 0.2) is 65.1 Å². The van der Waals surface area contributed by atoms with Gasteiger partial charge in [-0.2, -0.15) is 0 Å². The van der Waals surface area contributed by atoms with Gasteiger partial charge in [-0.25, -0.2) is 0 Å². The fourth-order valence-electron chi connectivity index (χ4n) is 3.36. The molecule has 1 aliphatic heterocycles. The van der Waals surface area contributed by atoms with E-state index < -0.39 is 0 Å². The molecule has 0 amide bonds. The van der Waals surface area contributed by atoms with Crippen LogP contribution in [0.3, 0.4) is 0 Å². The van der Waals surface area contributed by atoms with E-state index >= 15 is 0 Å². The first kappa shape index (κ1) is 16.3. The fourth-order valence-corrected chi connectivity index (χ4v) is 3.36. The zero-order chi connectivity index (χ0) is 16.9. The largest absolute Gasteiger partial charge is 0.460 e. The van der Waals surface area contributed by atoms with Crippen LogP contribution in [0.5, 0.6) is 0 Å². The van der Waals surface area contributed by atoms with Crippen molar-refractivity contribution < 1.29 is 9.15 Å². The lowest BCUT2D eigenvalue weighted by Gasteiger charge is -2.31. The zero-order valence-corrected chi connectivity index (χ0v) is 14.4. The summed E-state index contributed by atoms with van der Waals surface area (Å²) >= 11 is 0. The summed E-state index contributed by atoms with van der Waals surface area (Å²) in [5, 5.41) is 4.84. The van der Waals surface area contributed by atoms with Gasteiger partial charge >= 0.3 is 0 Å². The van der Waals surface area contributed by atoms with Gasteiger partial charge < -0.3 is 14.5 Å². The number of morpholine rings is 1. The molecular formula is C21H24N2O2. The quantitative estimate of drug-likeness (QED) is 0.746. The number of hydrogen-bond donors (Lipinski definition) is 1. The number of nitrogens with zero attached hydrogens (tertiary/aromatic N) is 1. The molecule has 130 valence electrons. The van der Waals surface area contributed by atoms with Crippen LogP contribution in [0, 0.1) is 0 Å². The smallest absolute Gasteiger partial charge is 0.134 e. The van der Waals surface area contributed by atoms with E-state index in [-0.39, 0.29) is 6.04 Å². The van der Waals surface area contributed by atoms with Crippen LogP contribution >= 0.6 is 0 Å². The molecule has 0 aliphatic carbocycles. The Hall–Kier alpha value is -2.14. The van der Waals surface area contributed by atoms with Crippen molar-refractivity contribution in [2.24, 2.45) is 0 Å². The first-order chi connectivity index (χ1) is 12.4. The number of ether oxygens (including phenoxy) is 1. The molecule has 25 heavy (non-hydrogen) atoms. The lowest BCUT2D eigenvalue weighted by molar-refractivity contribution is 0.0332. The molecule has 0 saturated carbocycles. The molecular weight excluding hydrogens is 312 g/mol. The third kappa shape index (κ3) is 4.10. The van der Waals surface area contributed by atoms with Gasteiger partial charge in [0.1, 0.15) is 11.3 Å². The molecule has 0 radical (unpaired) electrons. The average molecular weight is 336 g/mol. The fraction of sp³-hybridized carbons (Fsp3) is 0.333. The van der Waals surface area contributed by atoms with E-state index in [1.165, 1.54) is 5.56 Å². The second-order valence-corrected chi connectivity index (χ2v) is 6.51. The Balaban J connectivity index is 1.47. The highest BCUT2D eigenvalue weighted by atomic mass is 16.5. The number of rotatable bonds is 6. The van der Waals surface area contributed by atoms with E-state index in [0.29, 0.717) is 0 Å². The van der Waals surface area contributed by atoms with Gasteiger partial charge in [-0.15, -0.1) is 0 Å². The van der Waals surface area contributed by atoms with Gasteiger partial charge in [0.05, 0.1) is 19.8 Å². The molecule has 4 rings (SSSR count). The minimum atomic E-state index is 0.271. The summed E-state index contributed by atoms with van der Waals surface area (Å²) in [6.07, 6.45) is 0. The van der Waals surface area contributed by atoms with Gasteiger partial charge in [-0.1, -0.05) is 48.5 Å². The number of benzene rings is 2. The van der Waals surface area contributed by atoms with E-state index in [1.807, 2.05) is 18.2 Å². The third-order valence-electron chi connectivity index (χ3n) is 4.75. The summed E-state index contributed by atoms with van der Waals surface area (Å²) < 4.78 is 11.4. The molecule has 0 bridgehead atoms. The predicted molar refractivity (Wildman–Crippen MR) is 99.5 cm³/mol. The molecule has 1 atom stereocenters. The van der Waals surface area contributed by atoms with Crippen LogP contribution in [0.25, 0.3) is 11.0 Å². The maximum Gasteiger partial charge on any atom is 0.134 e. The van der Waals surface area contributed by atoms with E-state index in [0.717, 1.165) is 56.1 Å². The summed E-state index contributed by atoms with van der Waals surface area (Å²) in [5.74, 6) is 0.976. The topological polar surface area (TPSA) is 37.6 Å². The van der Waals surface area contributed by atoms with Crippen LogP contribution in [-0.4, -0.2) is 37.7 Å². The van der Waals surface area contributed by atoms with Crippen LogP contribution < -0.4 is 5.32 Å². The summed E-state index contributed by atoms with van der Waals surface area (Å²) in [4.78, 5) is 2.47. The Bertz CT molecular complexity index is 761. The molecule has 3 aromatic rings. The average Bonchev–Trinajstić information content (AvgIpc) is 3.09. The number of fused-ring (bicyclic) bond motifs is 1. The van der Waals surface area contributed by atoms with Gasteiger partial charge in [0.2, 0.25) is 0 Å². The van der Waals surface area contributed by atoms with E-state index in [2.05, 4.69) is 52.7 Å². The Labute approximate surface area is 148 Å². The molecule has 1 aromatic heterocycles. The first-order valence-corrected chi connectivity index (χ1v) is 8.94. The van der Waals surface area contributed by atoms with Crippen molar-refractivity contribution in [3.05, 3.63) is 72.0 Å². The number of para-hydroxylation sites is 1. The molecule has 2 heterocycles. The van der Waals surface area contributed by atoms with Crippen molar-refractivity contribution >= 4 is 11.0 Å². The SMILES string of the molecule is c1ccc([C@H](CN2CCOCC2)NCc2cc3ccccc3o2)cc1. The molecule has 2 aromatic carbocycles. The Morgan fingerprint density at radius 3 is 2.52 bits per heavy atom. The molecule has 1 aliphatic rings. The van der Waals surface area contributed by atoms with Crippen LogP contribution in [-0.2, 0) is 11.3 Å². The van der Waals surface area contributed by atoms with Crippen molar-refractivity contribution in [1.29, 1.82) is 0 Å². The van der Waals surface area contributed by atoms with Crippen molar-refractivity contribution in [3.63, 3.8) is 0 Å². The first-order valence-electron chi connectivity index (χ1n) is 8.94. The summed E-state index contributed by atoms with van der Waals surface area (Å²) in [5.41, 5.74) is 2.26. The van der Waals surface area contributed by atoms with Crippen LogP contribution in [0.4, 0.5) is 0 Å². The highest BCUT2D eigenvalue weighted by molar-refractivity contribution is 5.77. The molecule has 1 N–H and O–H groups in total. The zero-order valence-electron chi connectivity index (χ0n) is 14.4. The number of furan rings is 1. The highest BCUT2D eigenvalue weighted by Crippen LogP contribution is 2.20. The minimum Gasteiger partial charge on any atom is -0.460 e. The van der Waals surface area contributed by atoms with Crippen molar-refractivity contribution in [1.82, 2.24) is 10.2 Å².